The maximum atomic E-state index is 9.24. The van der Waals surface area contributed by atoms with Gasteiger partial charge in [-0.15, -0.1) is 0 Å². The van der Waals surface area contributed by atoms with E-state index in [1.54, 1.807) is 0 Å². The highest BCUT2D eigenvalue weighted by Crippen LogP contribution is 2.38. The van der Waals surface area contributed by atoms with Gasteiger partial charge in [-0.05, 0) is 37.9 Å². The molecule has 1 aromatic heterocycles. The van der Waals surface area contributed by atoms with Crippen LogP contribution in [0.4, 0.5) is 0 Å². The maximum Gasteiger partial charge on any atom is 0.229 e. The number of rotatable bonds is 6. The fraction of sp³-hybridized carbons (Fsp3) is 0.526. The first-order valence-electron chi connectivity index (χ1n) is 8.96. The Morgan fingerprint density at radius 2 is 2.16 bits per heavy atom. The van der Waals surface area contributed by atoms with Crippen molar-refractivity contribution < 1.29 is 4.52 Å². The van der Waals surface area contributed by atoms with Crippen molar-refractivity contribution in [2.24, 2.45) is 0 Å². The summed E-state index contributed by atoms with van der Waals surface area (Å²) in [6.45, 7) is 3.61. The van der Waals surface area contributed by atoms with Gasteiger partial charge < -0.3 is 4.52 Å². The van der Waals surface area contributed by atoms with Gasteiger partial charge in [0.15, 0.2) is 5.82 Å². The van der Waals surface area contributed by atoms with Gasteiger partial charge in [0.1, 0.15) is 0 Å². The van der Waals surface area contributed by atoms with E-state index in [-0.39, 0.29) is 0 Å². The van der Waals surface area contributed by atoms with Crippen LogP contribution >= 0.6 is 0 Å². The van der Waals surface area contributed by atoms with Crippen LogP contribution in [0.15, 0.2) is 28.8 Å². The van der Waals surface area contributed by atoms with Crippen molar-refractivity contribution in [3.63, 3.8) is 0 Å². The molecule has 1 aromatic carbocycles. The molecule has 6 heteroatoms. The summed E-state index contributed by atoms with van der Waals surface area (Å²) in [5.41, 5.74) is 1.89. The molecular weight excluding hydrogens is 314 g/mol. The first-order chi connectivity index (χ1) is 12.2. The Balaban J connectivity index is 1.32. The van der Waals surface area contributed by atoms with Crippen molar-refractivity contribution >= 4 is 0 Å². The zero-order valence-electron chi connectivity index (χ0n) is 14.6. The molecule has 1 saturated carbocycles. The molecule has 2 aliphatic rings. The van der Waals surface area contributed by atoms with E-state index in [4.69, 9.17) is 4.52 Å². The largest absolute Gasteiger partial charge is 0.339 e. The van der Waals surface area contributed by atoms with Crippen molar-refractivity contribution in [1.29, 1.82) is 5.26 Å². The number of aromatic nitrogens is 2. The average molecular weight is 337 g/mol. The molecule has 1 saturated heterocycles. The Kier molecular flexibility index (Phi) is 4.51. The second-order valence-corrected chi connectivity index (χ2v) is 7.18. The number of hydrogen-bond acceptors (Lipinski definition) is 6. The first kappa shape index (κ1) is 16.2. The number of hydrogen-bond donors (Lipinski definition) is 0. The Hall–Kier alpha value is -2.23. The van der Waals surface area contributed by atoms with Crippen molar-refractivity contribution in [3.8, 4) is 6.07 Å². The van der Waals surface area contributed by atoms with Crippen LogP contribution < -0.4 is 0 Å². The summed E-state index contributed by atoms with van der Waals surface area (Å²) in [5.74, 6) is 2.11. The summed E-state index contributed by atoms with van der Waals surface area (Å²) in [5, 5.41) is 13.4. The molecule has 1 atom stereocenters. The van der Waals surface area contributed by atoms with E-state index in [1.165, 1.54) is 12.8 Å². The third-order valence-electron chi connectivity index (χ3n) is 5.20. The zero-order valence-corrected chi connectivity index (χ0v) is 14.6. The number of nitrogens with zero attached hydrogens (tertiary/aromatic N) is 5. The highest BCUT2D eigenvalue weighted by atomic mass is 16.5. The van der Waals surface area contributed by atoms with Gasteiger partial charge in [0.25, 0.3) is 0 Å². The van der Waals surface area contributed by atoms with E-state index in [2.05, 4.69) is 33.1 Å². The van der Waals surface area contributed by atoms with Crippen LogP contribution in [-0.4, -0.2) is 46.1 Å². The van der Waals surface area contributed by atoms with Gasteiger partial charge in [0.05, 0.1) is 18.2 Å². The van der Waals surface area contributed by atoms with Crippen molar-refractivity contribution in [1.82, 2.24) is 19.9 Å². The smallest absolute Gasteiger partial charge is 0.229 e. The normalized spacial score (nSPS) is 20.9. The minimum Gasteiger partial charge on any atom is -0.339 e. The highest BCUT2D eigenvalue weighted by Gasteiger charge is 2.31. The standard InChI is InChI=1S/C19H23N5O/c1-23(13-18-21-19(25-22-18)14-6-7-14)17-8-9-24(12-17)11-16-5-3-2-4-15(16)10-20/h2-5,14,17H,6-9,11-13H2,1H3/t17-/m1/s1. The van der Waals surface area contributed by atoms with Gasteiger partial charge in [0, 0.05) is 31.6 Å². The topological polar surface area (TPSA) is 69.2 Å². The lowest BCUT2D eigenvalue weighted by atomic mass is 10.1. The summed E-state index contributed by atoms with van der Waals surface area (Å²) in [6.07, 6.45) is 3.48. The van der Waals surface area contributed by atoms with E-state index in [9.17, 15) is 5.26 Å². The first-order valence-corrected chi connectivity index (χ1v) is 8.96. The van der Waals surface area contributed by atoms with E-state index in [0.29, 0.717) is 12.0 Å². The van der Waals surface area contributed by atoms with Crippen LogP contribution in [0.1, 0.15) is 48.0 Å². The molecule has 0 bridgehead atoms. The summed E-state index contributed by atoms with van der Waals surface area (Å²) in [6, 6.07) is 10.6. The summed E-state index contributed by atoms with van der Waals surface area (Å²) in [4.78, 5) is 9.26. The van der Waals surface area contributed by atoms with Gasteiger partial charge in [-0.3, -0.25) is 9.80 Å². The van der Waals surface area contributed by atoms with Crippen molar-refractivity contribution in [2.75, 3.05) is 20.1 Å². The SMILES string of the molecule is CN(Cc1noc(C2CC2)n1)[C@@H]1CCN(Cc2ccccc2C#N)C1. The van der Waals surface area contributed by atoms with E-state index in [1.807, 2.05) is 24.3 Å². The fourth-order valence-corrected chi connectivity index (χ4v) is 3.50. The molecule has 1 aliphatic carbocycles. The third kappa shape index (κ3) is 3.73. The lowest BCUT2D eigenvalue weighted by molar-refractivity contribution is 0.216. The van der Waals surface area contributed by atoms with Crippen LogP contribution in [0, 0.1) is 11.3 Å². The minimum absolute atomic E-state index is 0.483. The molecule has 2 fully saturated rings. The second kappa shape index (κ2) is 6.95. The second-order valence-electron chi connectivity index (χ2n) is 7.18. The number of likely N-dealkylation sites (N-methyl/N-ethyl adjacent to an activating group) is 1. The summed E-state index contributed by atoms with van der Waals surface area (Å²) >= 11 is 0. The third-order valence-corrected chi connectivity index (χ3v) is 5.20. The molecule has 0 spiro atoms. The molecule has 0 unspecified atom stereocenters. The van der Waals surface area contributed by atoms with Gasteiger partial charge in [-0.2, -0.15) is 10.2 Å². The van der Waals surface area contributed by atoms with E-state index >= 15 is 0 Å². The maximum absolute atomic E-state index is 9.24. The van der Waals surface area contributed by atoms with Crippen LogP contribution in [-0.2, 0) is 13.1 Å². The molecule has 2 heterocycles. The van der Waals surface area contributed by atoms with Gasteiger partial charge in [-0.1, -0.05) is 23.4 Å². The predicted octanol–water partition coefficient (Wildman–Crippen LogP) is 2.52. The molecule has 1 aliphatic heterocycles. The average Bonchev–Trinajstić information content (AvgIpc) is 3.19. The van der Waals surface area contributed by atoms with Crippen LogP contribution in [0.25, 0.3) is 0 Å². The molecule has 0 radical (unpaired) electrons. The lowest BCUT2D eigenvalue weighted by Gasteiger charge is -2.23. The molecule has 130 valence electrons. The monoisotopic (exact) mass is 337 g/mol. The van der Waals surface area contributed by atoms with Crippen LogP contribution in [0.5, 0.6) is 0 Å². The molecule has 0 N–H and O–H groups in total. The lowest BCUT2D eigenvalue weighted by Crippen LogP contribution is -2.34. The van der Waals surface area contributed by atoms with Crippen LogP contribution in [0.2, 0.25) is 0 Å². The van der Waals surface area contributed by atoms with E-state index < -0.39 is 0 Å². The van der Waals surface area contributed by atoms with Crippen molar-refractivity contribution in [3.05, 3.63) is 47.1 Å². The van der Waals surface area contributed by atoms with Crippen LogP contribution in [0.3, 0.4) is 0 Å². The number of likely N-dealkylation sites (tertiary alicyclic amines) is 1. The fourth-order valence-electron chi connectivity index (χ4n) is 3.50. The molecule has 25 heavy (non-hydrogen) atoms. The highest BCUT2D eigenvalue weighted by molar-refractivity contribution is 5.37. The Morgan fingerprint density at radius 1 is 1.32 bits per heavy atom. The predicted molar refractivity (Wildman–Crippen MR) is 92.6 cm³/mol. The van der Waals surface area contributed by atoms with Crippen molar-refractivity contribution in [2.45, 2.75) is 44.3 Å². The zero-order chi connectivity index (χ0) is 17.2. The number of nitriles is 1. The Bertz CT molecular complexity index is 776. The molecule has 2 aromatic rings. The van der Waals surface area contributed by atoms with Gasteiger partial charge >= 0.3 is 0 Å². The Labute approximate surface area is 148 Å². The summed E-state index contributed by atoms with van der Waals surface area (Å²) < 4.78 is 5.35. The quantitative estimate of drug-likeness (QED) is 0.807. The molecule has 6 nitrogen and oxygen atoms in total. The molecular formula is C19H23N5O. The molecule has 4 rings (SSSR count). The van der Waals surface area contributed by atoms with Gasteiger partial charge in [-0.25, -0.2) is 0 Å². The Morgan fingerprint density at radius 3 is 2.96 bits per heavy atom. The number of benzene rings is 1. The van der Waals surface area contributed by atoms with E-state index in [0.717, 1.165) is 55.4 Å². The minimum atomic E-state index is 0.483. The molecule has 0 amide bonds. The van der Waals surface area contributed by atoms with Gasteiger partial charge in [0.2, 0.25) is 5.89 Å². The summed E-state index contributed by atoms with van der Waals surface area (Å²) in [7, 11) is 2.13.